The fourth-order valence-corrected chi connectivity index (χ4v) is 8.29. The highest BCUT2D eigenvalue weighted by atomic mass is 16.7. The fourth-order valence-electron chi connectivity index (χ4n) is 8.29. The molecule has 1 fully saturated rings. The van der Waals surface area contributed by atoms with Gasteiger partial charge in [0.1, 0.15) is 18.8 Å². The third-order valence-corrected chi connectivity index (χ3v) is 12.9. The Labute approximate surface area is 489 Å². The van der Waals surface area contributed by atoms with E-state index in [1.54, 1.807) is 0 Å². The van der Waals surface area contributed by atoms with Crippen molar-refractivity contribution in [2.75, 3.05) is 13.2 Å². The molecule has 1 saturated heterocycles. The highest BCUT2D eigenvalue weighted by Gasteiger charge is 2.50. The summed E-state index contributed by atoms with van der Waals surface area (Å²) in [6.45, 7) is 5.57. The Hall–Kier alpha value is -5.40. The average molecular weight is 1130 g/mol. The second-order valence-corrected chi connectivity index (χ2v) is 20.2. The molecule has 6 unspecified atom stereocenters. The van der Waals surface area contributed by atoms with Crippen molar-refractivity contribution in [1.29, 1.82) is 0 Å². The number of carbonyl (C=O) groups excluding carboxylic acids is 3. The van der Waals surface area contributed by atoms with Gasteiger partial charge in [-0.15, -0.1) is 0 Å². The van der Waals surface area contributed by atoms with E-state index in [0.29, 0.717) is 25.7 Å². The molecule has 12 nitrogen and oxygen atoms in total. The van der Waals surface area contributed by atoms with E-state index in [9.17, 15) is 34.5 Å². The van der Waals surface area contributed by atoms with E-state index in [4.69, 9.17) is 23.7 Å². The van der Waals surface area contributed by atoms with Crippen molar-refractivity contribution in [3.8, 4) is 0 Å². The molecule has 0 amide bonds. The molecule has 0 aromatic heterocycles. The van der Waals surface area contributed by atoms with Gasteiger partial charge in [0.15, 0.2) is 24.6 Å². The van der Waals surface area contributed by atoms with Crippen molar-refractivity contribution in [3.63, 3.8) is 0 Å². The van der Waals surface area contributed by atoms with E-state index in [1.807, 2.05) is 6.08 Å². The average Bonchev–Trinajstić information content (AvgIpc) is 3.53. The van der Waals surface area contributed by atoms with Gasteiger partial charge >= 0.3 is 23.9 Å². The Morgan fingerprint density at radius 3 is 1.16 bits per heavy atom. The molecule has 1 rings (SSSR count). The first-order valence-corrected chi connectivity index (χ1v) is 30.8. The summed E-state index contributed by atoms with van der Waals surface area (Å²) in [6, 6.07) is 0. The number of rotatable bonds is 50. The van der Waals surface area contributed by atoms with Gasteiger partial charge in [0.25, 0.3) is 0 Å². The van der Waals surface area contributed by atoms with Gasteiger partial charge in [-0.2, -0.15) is 0 Å². The molecule has 0 aromatic carbocycles. The van der Waals surface area contributed by atoms with Gasteiger partial charge in [0.05, 0.1) is 6.61 Å². The van der Waals surface area contributed by atoms with E-state index in [2.05, 4.69) is 161 Å². The maximum Gasteiger partial charge on any atom is 0.335 e. The van der Waals surface area contributed by atoms with Crippen LogP contribution in [0.2, 0.25) is 0 Å². The van der Waals surface area contributed by atoms with Crippen LogP contribution in [0.5, 0.6) is 0 Å². The quantitative estimate of drug-likeness (QED) is 0.0228. The Bertz CT molecular complexity index is 1960. The molecule has 6 atom stereocenters. The molecule has 1 aliphatic heterocycles. The molecule has 12 heteroatoms. The number of aliphatic hydroxyl groups is 2. The zero-order valence-corrected chi connectivity index (χ0v) is 50.0. The number of carbonyl (C=O) groups is 4. The van der Waals surface area contributed by atoms with Crippen molar-refractivity contribution in [3.05, 3.63) is 146 Å². The number of ether oxygens (including phenoxy) is 5. The van der Waals surface area contributed by atoms with Crippen LogP contribution in [-0.4, -0.2) is 89.2 Å². The van der Waals surface area contributed by atoms with Crippen LogP contribution in [-0.2, 0) is 42.9 Å². The molecule has 81 heavy (non-hydrogen) atoms. The first kappa shape index (κ1) is 73.6. The van der Waals surface area contributed by atoms with E-state index >= 15 is 0 Å². The van der Waals surface area contributed by atoms with Crippen molar-refractivity contribution in [2.24, 2.45) is 0 Å². The maximum atomic E-state index is 13.2. The second kappa shape index (κ2) is 55.2. The summed E-state index contributed by atoms with van der Waals surface area (Å²) in [7, 11) is 0. The Balaban J connectivity index is 2.75. The van der Waals surface area contributed by atoms with E-state index in [0.717, 1.165) is 148 Å². The Morgan fingerprint density at radius 2 is 0.753 bits per heavy atom. The minimum atomic E-state index is -1.93. The number of hydrogen-bond donors (Lipinski definition) is 3. The van der Waals surface area contributed by atoms with Gasteiger partial charge in [-0.1, -0.05) is 212 Å². The van der Waals surface area contributed by atoms with Gasteiger partial charge < -0.3 is 39.0 Å². The predicted molar refractivity (Wildman–Crippen MR) is 330 cm³/mol. The molecular weight excluding hydrogens is 1020 g/mol. The summed E-state index contributed by atoms with van der Waals surface area (Å²) in [5, 5.41) is 31.6. The summed E-state index contributed by atoms with van der Waals surface area (Å²) >= 11 is 0. The number of aliphatic carboxylic acids is 1. The third kappa shape index (κ3) is 44.9. The molecule has 3 N–H and O–H groups in total. The second-order valence-electron chi connectivity index (χ2n) is 20.2. The summed E-state index contributed by atoms with van der Waals surface area (Å²) in [6.07, 6.45) is 66.7. The molecule has 0 aromatic rings. The molecule has 1 heterocycles. The largest absolute Gasteiger partial charge is 0.479 e. The number of allylic oxidation sites excluding steroid dienone is 24. The van der Waals surface area contributed by atoms with Crippen molar-refractivity contribution in [1.82, 2.24) is 0 Å². The molecule has 1 aliphatic rings. The highest BCUT2D eigenvalue weighted by molar-refractivity contribution is 5.74. The van der Waals surface area contributed by atoms with Gasteiger partial charge in [0, 0.05) is 19.3 Å². The summed E-state index contributed by atoms with van der Waals surface area (Å²) in [4.78, 5) is 51.2. The highest BCUT2D eigenvalue weighted by Crippen LogP contribution is 2.26. The third-order valence-electron chi connectivity index (χ3n) is 12.9. The molecule has 454 valence electrons. The Morgan fingerprint density at radius 1 is 0.407 bits per heavy atom. The molecule has 0 bridgehead atoms. The first-order chi connectivity index (χ1) is 39.6. The van der Waals surface area contributed by atoms with Crippen LogP contribution in [0.1, 0.15) is 213 Å². The van der Waals surface area contributed by atoms with Gasteiger partial charge in [-0.3, -0.25) is 14.4 Å². The number of hydrogen-bond acceptors (Lipinski definition) is 11. The summed E-state index contributed by atoms with van der Waals surface area (Å²) in [5.41, 5.74) is 0. The van der Waals surface area contributed by atoms with E-state index in [-0.39, 0.29) is 25.9 Å². The van der Waals surface area contributed by atoms with Crippen molar-refractivity contribution < 1.29 is 58.2 Å². The minimum absolute atomic E-state index is 0.0320. The lowest BCUT2D eigenvalue weighted by molar-refractivity contribution is -0.301. The van der Waals surface area contributed by atoms with Crippen LogP contribution < -0.4 is 0 Å². The van der Waals surface area contributed by atoms with Crippen LogP contribution in [0.15, 0.2) is 146 Å². The molecule has 0 saturated carbocycles. The number of unbranched alkanes of at least 4 members (excludes halogenated alkanes) is 12. The maximum absolute atomic E-state index is 13.2. The van der Waals surface area contributed by atoms with Gasteiger partial charge in [0.2, 0.25) is 0 Å². The van der Waals surface area contributed by atoms with E-state index < -0.39 is 67.3 Å². The molecular formula is C69H106O12. The molecule has 0 radical (unpaired) electrons. The smallest absolute Gasteiger partial charge is 0.335 e. The van der Waals surface area contributed by atoms with Crippen LogP contribution in [0.3, 0.4) is 0 Å². The lowest BCUT2D eigenvalue weighted by atomic mass is 9.98. The Kier molecular flexibility index (Phi) is 50.1. The lowest BCUT2D eigenvalue weighted by Crippen LogP contribution is -2.61. The van der Waals surface area contributed by atoms with Gasteiger partial charge in [-0.25, -0.2) is 4.79 Å². The lowest BCUT2D eigenvalue weighted by Gasteiger charge is -2.40. The van der Waals surface area contributed by atoms with Gasteiger partial charge in [-0.05, 0) is 128 Å². The van der Waals surface area contributed by atoms with E-state index in [1.165, 1.54) is 0 Å². The normalized spacial score (nSPS) is 18.8. The van der Waals surface area contributed by atoms with Crippen LogP contribution in [0.25, 0.3) is 0 Å². The molecule has 0 spiro atoms. The number of esters is 3. The SMILES string of the molecule is CC/C=C\C/C=C\C/C=C\C/C=C\C/C=C\CCCC(=O)OCC(COC1OC(C(=O)O)C(O)C(O)C1OC(=O)CCCCCCCCC/C=C\C/C=C\C/C=C\CC)OC(=O)CCCCCC/C=C\C/C=C\C/C=C\C/C=C\CC. The van der Waals surface area contributed by atoms with Crippen molar-refractivity contribution >= 4 is 23.9 Å². The fraction of sp³-hybridized carbons (Fsp3) is 0.594. The predicted octanol–water partition coefficient (Wildman–Crippen LogP) is 16.3. The topological polar surface area (TPSA) is 175 Å². The molecule has 0 aliphatic carbocycles. The zero-order valence-electron chi connectivity index (χ0n) is 50.0. The first-order valence-electron chi connectivity index (χ1n) is 30.8. The van der Waals surface area contributed by atoms with Crippen LogP contribution in [0, 0.1) is 0 Å². The zero-order chi connectivity index (χ0) is 58.9. The number of carboxylic acids is 1. The summed E-state index contributed by atoms with van der Waals surface area (Å²) in [5.74, 6) is -3.27. The number of aliphatic hydroxyl groups excluding tert-OH is 2. The minimum Gasteiger partial charge on any atom is -0.479 e. The van der Waals surface area contributed by atoms with Crippen LogP contribution >= 0.6 is 0 Å². The van der Waals surface area contributed by atoms with Crippen molar-refractivity contribution in [2.45, 2.75) is 250 Å². The number of carboxylic acid groups (broad SMARTS) is 1. The van der Waals surface area contributed by atoms with Crippen LogP contribution in [0.4, 0.5) is 0 Å². The standard InChI is InChI=1S/C69H106O12/c1-4-7-10-13-16-19-22-25-28-31-34-37-40-43-46-49-52-55-61(70)77-58-60(79-62(71)56-53-50-47-44-41-38-35-32-29-26-23-20-17-14-11-8-5-2)59-78-69-67(65(74)64(73)66(81-69)68(75)76)80-63(72)57-54-51-48-45-42-39-36-33-30-27-24-21-18-15-12-9-6-3/h7-12,16-21,25-30,34-35,37-38,43,46,60,64-67,69,73-74H,4-6,13-15,22-24,31-33,36,39-42,44-45,47-59H2,1-3H3,(H,75,76)/b10-7-,11-8-,12-9-,19-16-,20-17-,21-18-,28-25-,29-26-,30-27-,37-34-,38-35-,46-43-. The summed E-state index contributed by atoms with van der Waals surface area (Å²) < 4.78 is 28.4. The monoisotopic (exact) mass is 1130 g/mol.